The number of benzene rings is 1. The van der Waals surface area contributed by atoms with Gasteiger partial charge in [-0.15, -0.1) is 0 Å². The average molecular weight is 440 g/mol. The summed E-state index contributed by atoms with van der Waals surface area (Å²) < 4.78 is 1.97. The number of carbonyl (C=O) groups excluding carboxylic acids is 3. The zero-order valence-electron chi connectivity index (χ0n) is 19.1. The van der Waals surface area contributed by atoms with Gasteiger partial charge in [0.25, 0.3) is 5.91 Å². The minimum atomic E-state index is -0.844. The molecule has 3 amide bonds. The molecule has 2 unspecified atom stereocenters. The third-order valence-corrected chi connectivity index (χ3v) is 7.01. The molecule has 2 aromatic rings. The summed E-state index contributed by atoms with van der Waals surface area (Å²) >= 11 is 0. The molecule has 0 radical (unpaired) electrons. The molecule has 0 saturated heterocycles. The highest BCUT2D eigenvalue weighted by atomic mass is 16.2. The first-order chi connectivity index (χ1) is 15.1. The molecule has 8 heteroatoms. The molecule has 4 rings (SSSR count). The number of fused-ring (bicyclic) bond motifs is 3. The van der Waals surface area contributed by atoms with Gasteiger partial charge in [-0.25, -0.2) is 0 Å². The van der Waals surface area contributed by atoms with Crippen molar-refractivity contribution in [3.05, 3.63) is 30.0 Å². The molecular formula is C24H33N5O3. The highest BCUT2D eigenvalue weighted by Crippen LogP contribution is 2.49. The first kappa shape index (κ1) is 22.3. The summed E-state index contributed by atoms with van der Waals surface area (Å²) in [7, 11) is 0. The van der Waals surface area contributed by atoms with Crippen molar-refractivity contribution in [3.63, 3.8) is 0 Å². The standard InChI is InChI=1S/C24H33N5O3/c1-24(2,3)21(23(32)26-12-19(25)30)27-22(31)20-17-6-4-5-7-18(17)29(28-20)13-16-11-14-8-9-15(16)10-14/h4-7,14-16,21H,8-13H2,1-3H3,(H2,25,30)(H,26,32)(H,27,31)/t14-,15?,16?,21+/m0/s1. The second-order valence-electron chi connectivity index (χ2n) is 10.4. The van der Waals surface area contributed by atoms with Gasteiger partial charge in [-0.1, -0.05) is 45.4 Å². The van der Waals surface area contributed by atoms with E-state index < -0.39 is 29.2 Å². The van der Waals surface area contributed by atoms with Gasteiger partial charge in [0.05, 0.1) is 12.1 Å². The Hall–Kier alpha value is -2.90. The highest BCUT2D eigenvalue weighted by molar-refractivity contribution is 6.06. The van der Waals surface area contributed by atoms with E-state index in [1.807, 2.05) is 49.7 Å². The van der Waals surface area contributed by atoms with Crippen molar-refractivity contribution >= 4 is 28.6 Å². The molecule has 0 spiro atoms. The molecule has 1 aromatic heterocycles. The molecule has 172 valence electrons. The van der Waals surface area contributed by atoms with Crippen LogP contribution in [0.15, 0.2) is 24.3 Å². The van der Waals surface area contributed by atoms with Crippen molar-refractivity contribution in [2.24, 2.45) is 28.9 Å². The Morgan fingerprint density at radius 1 is 1.19 bits per heavy atom. The molecule has 1 aromatic carbocycles. The number of hydrogen-bond donors (Lipinski definition) is 3. The van der Waals surface area contributed by atoms with Crippen molar-refractivity contribution in [1.82, 2.24) is 20.4 Å². The smallest absolute Gasteiger partial charge is 0.273 e. The molecule has 32 heavy (non-hydrogen) atoms. The minimum absolute atomic E-state index is 0.275. The number of nitrogens with one attached hydrogen (secondary N) is 2. The molecule has 2 saturated carbocycles. The van der Waals surface area contributed by atoms with E-state index in [4.69, 9.17) is 10.8 Å². The van der Waals surface area contributed by atoms with E-state index in [-0.39, 0.29) is 6.54 Å². The second-order valence-corrected chi connectivity index (χ2v) is 10.4. The topological polar surface area (TPSA) is 119 Å². The maximum absolute atomic E-state index is 13.3. The number of nitrogens with two attached hydrogens (primary N) is 1. The Morgan fingerprint density at radius 2 is 1.94 bits per heavy atom. The van der Waals surface area contributed by atoms with Crippen molar-refractivity contribution in [3.8, 4) is 0 Å². The predicted octanol–water partition coefficient (Wildman–Crippen LogP) is 2.22. The van der Waals surface area contributed by atoms with Crippen LogP contribution in [0.2, 0.25) is 0 Å². The maximum Gasteiger partial charge on any atom is 0.273 e. The van der Waals surface area contributed by atoms with E-state index in [0.29, 0.717) is 11.6 Å². The van der Waals surface area contributed by atoms with Crippen LogP contribution >= 0.6 is 0 Å². The normalized spacial score (nSPS) is 23.3. The van der Waals surface area contributed by atoms with Crippen LogP contribution in [0.5, 0.6) is 0 Å². The predicted molar refractivity (Wildman–Crippen MR) is 122 cm³/mol. The Balaban J connectivity index is 1.57. The Bertz CT molecular complexity index is 1040. The van der Waals surface area contributed by atoms with Crippen LogP contribution in [0.3, 0.4) is 0 Å². The molecule has 1 heterocycles. The number of aromatic nitrogens is 2. The van der Waals surface area contributed by atoms with Crippen molar-refractivity contribution in [2.45, 2.75) is 59.0 Å². The number of hydrogen-bond acceptors (Lipinski definition) is 4. The quantitative estimate of drug-likeness (QED) is 0.613. The molecule has 2 aliphatic carbocycles. The van der Waals surface area contributed by atoms with Crippen molar-refractivity contribution in [1.29, 1.82) is 0 Å². The Kier molecular flexibility index (Phi) is 5.97. The number of nitrogens with zero attached hydrogens (tertiary/aromatic N) is 2. The SMILES string of the molecule is CC(C)(C)[C@H](NC(=O)c1nn(CC2C[C@H]3CCC2C3)c2ccccc12)C(=O)NCC(N)=O. The van der Waals surface area contributed by atoms with Crippen molar-refractivity contribution < 1.29 is 14.4 Å². The van der Waals surface area contributed by atoms with Gasteiger partial charge < -0.3 is 16.4 Å². The summed E-state index contributed by atoms with van der Waals surface area (Å²) in [4.78, 5) is 37.0. The molecular weight excluding hydrogens is 406 g/mol. The number of para-hydroxylation sites is 1. The van der Waals surface area contributed by atoms with Gasteiger partial charge in [0.2, 0.25) is 11.8 Å². The fourth-order valence-corrected chi connectivity index (χ4v) is 5.41. The molecule has 4 atom stereocenters. The van der Waals surface area contributed by atoms with Gasteiger partial charge in [-0.05, 0) is 48.5 Å². The number of rotatable bonds is 7. The van der Waals surface area contributed by atoms with Gasteiger partial charge in [0.1, 0.15) is 6.04 Å². The summed E-state index contributed by atoms with van der Waals surface area (Å²) in [6, 6.07) is 6.90. The van der Waals surface area contributed by atoms with Gasteiger partial charge >= 0.3 is 0 Å². The third-order valence-electron chi connectivity index (χ3n) is 7.01. The van der Waals surface area contributed by atoms with Gasteiger partial charge in [-0.2, -0.15) is 5.10 Å². The maximum atomic E-state index is 13.3. The first-order valence-electron chi connectivity index (χ1n) is 11.5. The van der Waals surface area contributed by atoms with Gasteiger partial charge in [0.15, 0.2) is 5.69 Å². The zero-order chi connectivity index (χ0) is 23.0. The van der Waals surface area contributed by atoms with E-state index in [9.17, 15) is 14.4 Å². The third kappa shape index (κ3) is 4.49. The summed E-state index contributed by atoms with van der Waals surface area (Å²) in [6.45, 7) is 6.11. The number of carbonyl (C=O) groups is 3. The van der Waals surface area contributed by atoms with Crippen LogP contribution in [-0.2, 0) is 16.1 Å². The molecule has 2 fully saturated rings. The fourth-order valence-electron chi connectivity index (χ4n) is 5.41. The molecule has 4 N–H and O–H groups in total. The van der Waals surface area contributed by atoms with Crippen molar-refractivity contribution in [2.75, 3.05) is 6.54 Å². The van der Waals surface area contributed by atoms with Crippen LogP contribution < -0.4 is 16.4 Å². The fraction of sp³-hybridized carbons (Fsp3) is 0.583. The number of amides is 3. The molecule has 2 aliphatic rings. The van der Waals surface area contributed by atoms with E-state index >= 15 is 0 Å². The van der Waals surface area contributed by atoms with Gasteiger partial charge in [0, 0.05) is 11.9 Å². The molecule has 0 aliphatic heterocycles. The second kappa shape index (κ2) is 8.56. The summed E-state index contributed by atoms with van der Waals surface area (Å²) in [5.41, 5.74) is 5.83. The molecule has 8 nitrogen and oxygen atoms in total. The van der Waals surface area contributed by atoms with E-state index in [0.717, 1.165) is 29.3 Å². The van der Waals surface area contributed by atoms with Crippen LogP contribution in [0.4, 0.5) is 0 Å². The minimum Gasteiger partial charge on any atom is -0.368 e. The number of primary amides is 1. The molecule has 2 bridgehead atoms. The lowest BCUT2D eigenvalue weighted by Gasteiger charge is -2.30. The van der Waals surface area contributed by atoms with Crippen LogP contribution in [0, 0.1) is 23.2 Å². The first-order valence-corrected chi connectivity index (χ1v) is 11.5. The summed E-state index contributed by atoms with van der Waals surface area (Å²) in [5.74, 6) is 0.732. The van der Waals surface area contributed by atoms with Crippen LogP contribution in [-0.4, -0.2) is 40.1 Å². The van der Waals surface area contributed by atoms with E-state index in [2.05, 4.69) is 10.6 Å². The van der Waals surface area contributed by atoms with Crippen LogP contribution in [0.25, 0.3) is 10.9 Å². The summed E-state index contributed by atoms with van der Waals surface area (Å²) in [5, 5.41) is 10.8. The Morgan fingerprint density at radius 3 is 2.56 bits per heavy atom. The monoisotopic (exact) mass is 439 g/mol. The van der Waals surface area contributed by atoms with Crippen LogP contribution in [0.1, 0.15) is 56.9 Å². The lowest BCUT2D eigenvalue weighted by atomic mass is 9.86. The average Bonchev–Trinajstić information content (AvgIpc) is 3.44. The Labute approximate surface area is 188 Å². The van der Waals surface area contributed by atoms with Gasteiger partial charge in [-0.3, -0.25) is 19.1 Å². The largest absolute Gasteiger partial charge is 0.368 e. The lowest BCUT2D eigenvalue weighted by molar-refractivity contribution is -0.128. The van der Waals surface area contributed by atoms with E-state index in [1.165, 1.54) is 25.7 Å². The van der Waals surface area contributed by atoms with E-state index in [1.54, 1.807) is 0 Å². The zero-order valence-corrected chi connectivity index (χ0v) is 19.1. The lowest BCUT2D eigenvalue weighted by Crippen LogP contribution is -2.54. The highest BCUT2D eigenvalue weighted by Gasteiger charge is 2.40. The summed E-state index contributed by atoms with van der Waals surface area (Å²) in [6.07, 6.45) is 5.22.